The SMILES string of the molecule is COc1ccc(S(=O)(=O)NCc2nccnc2-c2ccco2)cc1OC. The van der Waals surface area contributed by atoms with E-state index in [0.717, 1.165) is 0 Å². The maximum absolute atomic E-state index is 12.6. The van der Waals surface area contributed by atoms with Gasteiger partial charge in [0.1, 0.15) is 5.69 Å². The number of rotatable bonds is 7. The Morgan fingerprint density at radius 3 is 2.54 bits per heavy atom. The average molecular weight is 375 g/mol. The molecule has 0 atom stereocenters. The molecule has 0 amide bonds. The maximum Gasteiger partial charge on any atom is 0.241 e. The van der Waals surface area contributed by atoms with E-state index in [1.807, 2.05) is 0 Å². The lowest BCUT2D eigenvalue weighted by atomic mass is 10.2. The largest absolute Gasteiger partial charge is 0.493 e. The first-order valence-electron chi connectivity index (χ1n) is 7.60. The Bertz CT molecular complexity index is 987. The van der Waals surface area contributed by atoms with Crippen LogP contribution in [0.5, 0.6) is 11.5 Å². The molecule has 1 aromatic carbocycles. The zero-order valence-electron chi connectivity index (χ0n) is 14.2. The first kappa shape index (κ1) is 17.9. The van der Waals surface area contributed by atoms with E-state index in [1.165, 1.54) is 51.1 Å². The van der Waals surface area contributed by atoms with Crippen molar-refractivity contribution in [3.63, 3.8) is 0 Å². The summed E-state index contributed by atoms with van der Waals surface area (Å²) in [7, 11) is -0.864. The molecule has 0 bridgehead atoms. The van der Waals surface area contributed by atoms with Gasteiger partial charge >= 0.3 is 0 Å². The molecule has 0 saturated heterocycles. The Balaban J connectivity index is 1.84. The van der Waals surface area contributed by atoms with Crippen molar-refractivity contribution in [2.45, 2.75) is 11.4 Å². The summed E-state index contributed by atoms with van der Waals surface area (Å²) in [6, 6.07) is 7.82. The monoisotopic (exact) mass is 375 g/mol. The molecule has 8 nitrogen and oxygen atoms in total. The van der Waals surface area contributed by atoms with Gasteiger partial charge in [0, 0.05) is 18.5 Å². The van der Waals surface area contributed by atoms with Gasteiger partial charge in [-0.05, 0) is 24.3 Å². The maximum atomic E-state index is 12.6. The second-order valence-corrected chi connectivity index (χ2v) is 6.94. The van der Waals surface area contributed by atoms with Gasteiger partial charge in [-0.3, -0.25) is 4.98 Å². The Hall–Kier alpha value is -2.91. The van der Waals surface area contributed by atoms with Crippen LogP contribution in [0, 0.1) is 0 Å². The minimum Gasteiger partial charge on any atom is -0.493 e. The fourth-order valence-corrected chi connectivity index (χ4v) is 3.35. The fraction of sp³-hybridized carbons (Fsp3) is 0.176. The molecule has 2 aromatic heterocycles. The molecule has 0 aliphatic heterocycles. The molecule has 9 heteroatoms. The Labute approximate surface area is 150 Å². The molecule has 2 heterocycles. The second kappa shape index (κ2) is 7.54. The molecule has 3 aromatic rings. The molecular formula is C17H17N3O5S. The highest BCUT2D eigenvalue weighted by Gasteiger charge is 2.19. The van der Waals surface area contributed by atoms with Crippen molar-refractivity contribution in [2.75, 3.05) is 14.2 Å². The number of nitrogens with zero attached hydrogens (tertiary/aromatic N) is 2. The van der Waals surface area contributed by atoms with Gasteiger partial charge in [-0.15, -0.1) is 0 Å². The molecular weight excluding hydrogens is 358 g/mol. The predicted octanol–water partition coefficient (Wildman–Crippen LogP) is 2.23. The van der Waals surface area contributed by atoms with E-state index in [9.17, 15) is 8.42 Å². The van der Waals surface area contributed by atoms with Gasteiger partial charge in [0.15, 0.2) is 17.3 Å². The molecule has 0 fully saturated rings. The van der Waals surface area contributed by atoms with Crippen molar-refractivity contribution in [2.24, 2.45) is 0 Å². The number of methoxy groups -OCH3 is 2. The van der Waals surface area contributed by atoms with E-state index in [-0.39, 0.29) is 11.4 Å². The highest BCUT2D eigenvalue weighted by molar-refractivity contribution is 7.89. The summed E-state index contributed by atoms with van der Waals surface area (Å²) in [5, 5.41) is 0. The molecule has 0 saturated carbocycles. The molecule has 3 rings (SSSR count). The van der Waals surface area contributed by atoms with Crippen LogP contribution in [0.4, 0.5) is 0 Å². The predicted molar refractivity (Wildman–Crippen MR) is 93.3 cm³/mol. The van der Waals surface area contributed by atoms with Crippen molar-refractivity contribution < 1.29 is 22.3 Å². The van der Waals surface area contributed by atoms with E-state index in [4.69, 9.17) is 13.9 Å². The van der Waals surface area contributed by atoms with Crippen LogP contribution in [0.2, 0.25) is 0 Å². The molecule has 1 N–H and O–H groups in total. The molecule has 136 valence electrons. The minimum absolute atomic E-state index is 0.0411. The van der Waals surface area contributed by atoms with Crippen molar-refractivity contribution in [1.29, 1.82) is 0 Å². The number of nitrogens with one attached hydrogen (secondary N) is 1. The highest BCUT2D eigenvalue weighted by Crippen LogP contribution is 2.29. The first-order valence-corrected chi connectivity index (χ1v) is 9.09. The van der Waals surface area contributed by atoms with E-state index in [0.29, 0.717) is 28.6 Å². The third kappa shape index (κ3) is 3.68. The summed E-state index contributed by atoms with van der Waals surface area (Å²) >= 11 is 0. The zero-order chi connectivity index (χ0) is 18.6. The molecule has 26 heavy (non-hydrogen) atoms. The third-order valence-electron chi connectivity index (χ3n) is 3.62. The number of sulfonamides is 1. The Kier molecular flexibility index (Phi) is 5.19. The molecule has 0 aliphatic carbocycles. The number of hydrogen-bond acceptors (Lipinski definition) is 7. The summed E-state index contributed by atoms with van der Waals surface area (Å²) in [5.74, 6) is 1.28. The zero-order valence-corrected chi connectivity index (χ0v) is 15.0. The number of aromatic nitrogens is 2. The molecule has 0 radical (unpaired) electrons. The minimum atomic E-state index is -3.79. The van der Waals surface area contributed by atoms with Crippen LogP contribution in [-0.4, -0.2) is 32.6 Å². The second-order valence-electron chi connectivity index (χ2n) is 5.17. The van der Waals surface area contributed by atoms with Crippen LogP contribution in [0.1, 0.15) is 5.69 Å². The quantitative estimate of drug-likeness (QED) is 0.675. The van der Waals surface area contributed by atoms with E-state index < -0.39 is 10.0 Å². The summed E-state index contributed by atoms with van der Waals surface area (Å²) in [6.45, 7) is -0.0411. The number of furan rings is 1. The van der Waals surface area contributed by atoms with Crippen LogP contribution in [0.15, 0.2) is 58.3 Å². The van der Waals surface area contributed by atoms with Gasteiger partial charge in [-0.1, -0.05) is 0 Å². The van der Waals surface area contributed by atoms with Crippen molar-refractivity contribution in [3.05, 3.63) is 54.7 Å². The van der Waals surface area contributed by atoms with E-state index >= 15 is 0 Å². The van der Waals surface area contributed by atoms with Gasteiger partial charge in [-0.2, -0.15) is 0 Å². The van der Waals surface area contributed by atoms with Crippen LogP contribution < -0.4 is 14.2 Å². The van der Waals surface area contributed by atoms with Crippen LogP contribution in [0.25, 0.3) is 11.5 Å². The van der Waals surface area contributed by atoms with E-state index in [1.54, 1.807) is 12.1 Å². The van der Waals surface area contributed by atoms with Gasteiger partial charge in [0.25, 0.3) is 0 Å². The topological polar surface area (TPSA) is 104 Å². The Morgan fingerprint density at radius 1 is 1.08 bits per heavy atom. The van der Waals surface area contributed by atoms with Crippen molar-refractivity contribution >= 4 is 10.0 Å². The van der Waals surface area contributed by atoms with Gasteiger partial charge in [-0.25, -0.2) is 18.1 Å². The fourth-order valence-electron chi connectivity index (χ4n) is 2.35. The third-order valence-corrected chi connectivity index (χ3v) is 5.02. The molecule has 0 unspecified atom stereocenters. The van der Waals surface area contributed by atoms with Crippen LogP contribution >= 0.6 is 0 Å². The van der Waals surface area contributed by atoms with Crippen LogP contribution in [-0.2, 0) is 16.6 Å². The number of hydrogen-bond donors (Lipinski definition) is 1. The van der Waals surface area contributed by atoms with Gasteiger partial charge < -0.3 is 13.9 Å². The lowest BCUT2D eigenvalue weighted by molar-refractivity contribution is 0.354. The summed E-state index contributed by atoms with van der Waals surface area (Å²) in [5.41, 5.74) is 0.930. The first-order chi connectivity index (χ1) is 12.5. The average Bonchev–Trinajstić information content (AvgIpc) is 3.20. The lowest BCUT2D eigenvalue weighted by Gasteiger charge is -2.11. The van der Waals surface area contributed by atoms with Crippen molar-refractivity contribution in [1.82, 2.24) is 14.7 Å². The smallest absolute Gasteiger partial charge is 0.241 e. The summed E-state index contributed by atoms with van der Waals surface area (Å²) in [6.07, 6.45) is 4.53. The van der Waals surface area contributed by atoms with Gasteiger partial charge in [0.05, 0.1) is 37.6 Å². The lowest BCUT2D eigenvalue weighted by Crippen LogP contribution is -2.24. The standard InChI is InChI=1S/C17H17N3O5S/c1-23-14-6-5-12(10-16(14)24-2)26(21,22)20-11-13-17(19-8-7-18-13)15-4-3-9-25-15/h3-10,20H,11H2,1-2H3. The number of benzene rings is 1. The van der Waals surface area contributed by atoms with E-state index in [2.05, 4.69) is 14.7 Å². The van der Waals surface area contributed by atoms with Crippen molar-refractivity contribution in [3.8, 4) is 23.0 Å². The summed E-state index contributed by atoms with van der Waals surface area (Å²) < 4.78 is 43.3. The molecule has 0 spiro atoms. The highest BCUT2D eigenvalue weighted by atomic mass is 32.2. The molecule has 0 aliphatic rings. The summed E-state index contributed by atoms with van der Waals surface area (Å²) in [4.78, 5) is 8.47. The Morgan fingerprint density at radius 2 is 1.85 bits per heavy atom. The number of ether oxygens (including phenoxy) is 2. The normalized spacial score (nSPS) is 11.3. The van der Waals surface area contributed by atoms with Crippen LogP contribution in [0.3, 0.4) is 0 Å². The van der Waals surface area contributed by atoms with Gasteiger partial charge in [0.2, 0.25) is 10.0 Å².